The largest absolute Gasteiger partial charge is 0.465 e. The minimum Gasteiger partial charge on any atom is -0.465 e. The summed E-state index contributed by atoms with van der Waals surface area (Å²) in [6.45, 7) is 5.69. The van der Waals surface area contributed by atoms with Crippen LogP contribution in [0, 0.1) is 6.92 Å². The number of furan rings is 1. The number of sulfonamides is 1. The summed E-state index contributed by atoms with van der Waals surface area (Å²) in [5, 5.41) is 2.83. The summed E-state index contributed by atoms with van der Waals surface area (Å²) in [6.07, 6.45) is 0. The molecule has 1 atom stereocenters. The normalized spacial score (nSPS) is 16.7. The third kappa shape index (κ3) is 5.24. The van der Waals surface area contributed by atoms with Gasteiger partial charge >= 0.3 is 0 Å². The first-order valence-corrected chi connectivity index (χ1v) is 11.0. The molecule has 1 aromatic carbocycles. The number of hydrogen-bond acceptors (Lipinski definition) is 6. The second-order valence-corrected chi connectivity index (χ2v) is 9.07. The molecule has 29 heavy (non-hydrogen) atoms. The smallest absolute Gasteiger partial charge is 0.243 e. The maximum absolute atomic E-state index is 12.7. The summed E-state index contributed by atoms with van der Waals surface area (Å²) in [5.74, 6) is 1.44. The van der Waals surface area contributed by atoms with E-state index in [-0.39, 0.29) is 10.8 Å². The molecule has 1 fully saturated rings. The molecule has 1 saturated heterocycles. The molecule has 0 unspecified atom stereocenters. The van der Waals surface area contributed by atoms with Crippen molar-refractivity contribution >= 4 is 21.6 Å². The molecule has 0 bridgehead atoms. The molecule has 3 rings (SSSR count). The van der Waals surface area contributed by atoms with E-state index < -0.39 is 16.1 Å². The molecule has 1 aromatic heterocycles. The van der Waals surface area contributed by atoms with Crippen molar-refractivity contribution in [2.24, 2.45) is 0 Å². The van der Waals surface area contributed by atoms with Crippen molar-refractivity contribution in [2.45, 2.75) is 31.3 Å². The Balaban J connectivity index is 1.60. The predicted octanol–water partition coefficient (Wildman–Crippen LogP) is 2.07. The topological polar surface area (TPSA) is 92.1 Å². The lowest BCUT2D eigenvalue weighted by Gasteiger charge is -2.26. The molecule has 0 aliphatic carbocycles. The fourth-order valence-corrected chi connectivity index (χ4v) is 4.45. The van der Waals surface area contributed by atoms with Crippen LogP contribution in [0.3, 0.4) is 0 Å². The molecule has 1 aliphatic heterocycles. The maximum atomic E-state index is 12.7. The lowest BCUT2D eigenvalue weighted by Crippen LogP contribution is -2.40. The Labute approximate surface area is 171 Å². The second kappa shape index (κ2) is 9.08. The van der Waals surface area contributed by atoms with Crippen LogP contribution in [-0.2, 0) is 26.1 Å². The van der Waals surface area contributed by atoms with Gasteiger partial charge in [-0.25, -0.2) is 8.42 Å². The van der Waals surface area contributed by atoms with Crippen LogP contribution in [0.1, 0.15) is 18.4 Å². The Hall–Kier alpha value is -2.20. The summed E-state index contributed by atoms with van der Waals surface area (Å²) >= 11 is 0. The Morgan fingerprint density at radius 1 is 1.17 bits per heavy atom. The number of morpholine rings is 1. The number of nitrogens with one attached hydrogen (secondary N) is 1. The SMILES string of the molecule is Cc1ccc(CN(C)[C@@H](C)C(=O)Nc2ccc(S(=O)(=O)N3CCOCC3)cc2)o1. The Bertz CT molecular complexity index is 933. The van der Waals surface area contributed by atoms with Gasteiger partial charge in [0.25, 0.3) is 0 Å². The van der Waals surface area contributed by atoms with Gasteiger partial charge in [0.1, 0.15) is 11.5 Å². The number of rotatable bonds is 7. The molecule has 1 amide bonds. The van der Waals surface area contributed by atoms with Crippen molar-refractivity contribution in [1.82, 2.24) is 9.21 Å². The molecule has 0 spiro atoms. The lowest BCUT2D eigenvalue weighted by atomic mass is 10.2. The summed E-state index contributed by atoms with van der Waals surface area (Å²) in [5.41, 5.74) is 0.546. The van der Waals surface area contributed by atoms with Crippen LogP contribution < -0.4 is 5.32 Å². The van der Waals surface area contributed by atoms with Gasteiger partial charge in [-0.15, -0.1) is 0 Å². The summed E-state index contributed by atoms with van der Waals surface area (Å²) in [7, 11) is -1.70. The van der Waals surface area contributed by atoms with Crippen molar-refractivity contribution in [2.75, 3.05) is 38.7 Å². The van der Waals surface area contributed by atoms with Gasteiger partial charge in [0.05, 0.1) is 30.7 Å². The third-order valence-corrected chi connectivity index (χ3v) is 6.88. The average molecular weight is 422 g/mol. The van der Waals surface area contributed by atoms with Crippen molar-refractivity contribution in [3.05, 3.63) is 47.9 Å². The maximum Gasteiger partial charge on any atom is 0.243 e. The van der Waals surface area contributed by atoms with Gasteiger partial charge in [-0.2, -0.15) is 4.31 Å². The number of hydrogen-bond donors (Lipinski definition) is 1. The summed E-state index contributed by atoms with van der Waals surface area (Å²) in [4.78, 5) is 14.6. The number of benzene rings is 1. The lowest BCUT2D eigenvalue weighted by molar-refractivity contribution is -0.120. The van der Waals surface area contributed by atoms with E-state index in [0.29, 0.717) is 38.5 Å². The number of nitrogens with zero attached hydrogens (tertiary/aromatic N) is 2. The summed E-state index contributed by atoms with van der Waals surface area (Å²) in [6, 6.07) is 9.63. The zero-order valence-electron chi connectivity index (χ0n) is 16.9. The van der Waals surface area contributed by atoms with Gasteiger partial charge in [-0.05, 0) is 57.3 Å². The number of carbonyl (C=O) groups is 1. The Kier molecular flexibility index (Phi) is 6.74. The average Bonchev–Trinajstić information content (AvgIpc) is 3.13. The van der Waals surface area contributed by atoms with Crippen LogP contribution in [0.2, 0.25) is 0 Å². The first kappa shape index (κ1) is 21.5. The molecule has 8 nitrogen and oxygen atoms in total. The highest BCUT2D eigenvalue weighted by Crippen LogP contribution is 2.20. The highest BCUT2D eigenvalue weighted by molar-refractivity contribution is 7.89. The van der Waals surface area contributed by atoms with Gasteiger partial charge < -0.3 is 14.5 Å². The first-order chi connectivity index (χ1) is 13.8. The zero-order chi connectivity index (χ0) is 21.0. The number of amides is 1. The number of anilines is 1. The van der Waals surface area contributed by atoms with Crippen LogP contribution in [0.4, 0.5) is 5.69 Å². The van der Waals surface area contributed by atoms with E-state index in [0.717, 1.165) is 11.5 Å². The van der Waals surface area contributed by atoms with Crippen molar-refractivity contribution < 1.29 is 22.4 Å². The van der Waals surface area contributed by atoms with E-state index in [9.17, 15) is 13.2 Å². The van der Waals surface area contributed by atoms with Crippen LogP contribution in [0.5, 0.6) is 0 Å². The van der Waals surface area contributed by atoms with Crippen LogP contribution in [0.15, 0.2) is 45.7 Å². The van der Waals surface area contributed by atoms with Gasteiger partial charge in [0, 0.05) is 18.8 Å². The van der Waals surface area contributed by atoms with Gasteiger partial charge in [-0.1, -0.05) is 0 Å². The van der Waals surface area contributed by atoms with Gasteiger partial charge in [0.15, 0.2) is 0 Å². The van der Waals surface area contributed by atoms with Crippen molar-refractivity contribution in [1.29, 1.82) is 0 Å². The van der Waals surface area contributed by atoms with Gasteiger partial charge in [-0.3, -0.25) is 9.69 Å². The monoisotopic (exact) mass is 421 g/mol. The molecular weight excluding hydrogens is 394 g/mol. The quantitative estimate of drug-likeness (QED) is 0.736. The molecule has 0 radical (unpaired) electrons. The van der Waals surface area contributed by atoms with E-state index in [2.05, 4.69) is 5.32 Å². The molecule has 2 aromatic rings. The fraction of sp³-hybridized carbons (Fsp3) is 0.450. The number of carbonyl (C=O) groups excluding carboxylic acids is 1. The number of aryl methyl sites for hydroxylation is 1. The van der Waals surface area contributed by atoms with E-state index in [4.69, 9.17) is 9.15 Å². The standard InChI is InChI=1S/C20H27N3O5S/c1-15-4-7-18(28-15)14-22(3)16(2)20(24)21-17-5-8-19(9-6-17)29(25,26)23-10-12-27-13-11-23/h4-9,16H,10-14H2,1-3H3,(H,21,24)/t16-/m0/s1. The molecule has 2 heterocycles. The predicted molar refractivity (Wildman–Crippen MR) is 109 cm³/mol. The molecule has 0 saturated carbocycles. The van der Waals surface area contributed by atoms with Crippen LogP contribution in [-0.4, -0.2) is 62.9 Å². The van der Waals surface area contributed by atoms with Crippen LogP contribution >= 0.6 is 0 Å². The number of likely N-dealkylation sites (N-methyl/N-ethyl adjacent to an activating group) is 1. The first-order valence-electron chi connectivity index (χ1n) is 9.52. The molecule has 9 heteroatoms. The third-order valence-electron chi connectivity index (χ3n) is 4.97. The molecule has 1 N–H and O–H groups in total. The highest BCUT2D eigenvalue weighted by atomic mass is 32.2. The Morgan fingerprint density at radius 3 is 2.41 bits per heavy atom. The molecule has 1 aliphatic rings. The fourth-order valence-electron chi connectivity index (χ4n) is 3.05. The summed E-state index contributed by atoms with van der Waals surface area (Å²) < 4.78 is 37.5. The number of ether oxygens (including phenoxy) is 1. The van der Waals surface area contributed by atoms with Crippen molar-refractivity contribution in [3.63, 3.8) is 0 Å². The van der Waals surface area contributed by atoms with E-state index >= 15 is 0 Å². The van der Waals surface area contributed by atoms with E-state index in [1.54, 1.807) is 12.1 Å². The Morgan fingerprint density at radius 2 is 1.83 bits per heavy atom. The second-order valence-electron chi connectivity index (χ2n) is 7.13. The van der Waals surface area contributed by atoms with E-state index in [1.807, 2.05) is 37.9 Å². The van der Waals surface area contributed by atoms with Gasteiger partial charge in [0.2, 0.25) is 15.9 Å². The van der Waals surface area contributed by atoms with Crippen LogP contribution in [0.25, 0.3) is 0 Å². The van der Waals surface area contributed by atoms with Crippen molar-refractivity contribution in [3.8, 4) is 0 Å². The molecular formula is C20H27N3O5S. The molecule has 158 valence electrons. The minimum atomic E-state index is -3.55. The minimum absolute atomic E-state index is 0.181. The zero-order valence-corrected chi connectivity index (χ0v) is 17.7. The van der Waals surface area contributed by atoms with E-state index in [1.165, 1.54) is 16.4 Å². The highest BCUT2D eigenvalue weighted by Gasteiger charge is 2.26.